The Kier molecular flexibility index (Phi) is 13.5. The molecular formula is C49H56O12Si9. The van der Waals surface area contributed by atoms with Crippen molar-refractivity contribution in [1.29, 1.82) is 0 Å². The molecule has 3 fully saturated rings. The van der Waals surface area contributed by atoms with Crippen LogP contribution in [0.3, 0.4) is 0 Å². The Labute approximate surface area is 419 Å². The van der Waals surface area contributed by atoms with Gasteiger partial charge in [-0.15, -0.1) is 0 Å². The first kappa shape index (κ1) is 49.6. The van der Waals surface area contributed by atoms with E-state index in [0.717, 1.165) is 10.4 Å². The minimum Gasteiger partial charge on any atom is -0.437 e. The van der Waals surface area contributed by atoms with E-state index in [1.165, 1.54) is 0 Å². The zero-order chi connectivity index (χ0) is 48.8. The van der Waals surface area contributed by atoms with Crippen molar-refractivity contribution in [3.63, 3.8) is 0 Å². The van der Waals surface area contributed by atoms with Crippen molar-refractivity contribution in [2.45, 2.75) is 38.4 Å². The van der Waals surface area contributed by atoms with Gasteiger partial charge in [0, 0.05) is 38.7 Å². The number of rotatable bonds is 12. The standard InChI is InChI=1S/C49H56O12Si9/c1-51-67(46-34-20-10-21-35-46)54-64(43-28-14-7-15-29-43)42-65(44-30-16-8-17-31-44)56-69(60-67,48-38-24-12-25-39-48)58-66(50,45-32-18-9-19-33-45)59-70(57-65,49-40-26-13-27-41-49)61-68(55-64,47-36-22-11-23-37-47)53-63(5,6)52-62(2,3)4/h7-41,50H,42H2,1-6H3/t64?,65-,66?,67+,68?,69?,70?/m1/s1. The molecule has 5 unspecified atom stereocenters. The van der Waals surface area contributed by atoms with Crippen LogP contribution >= 0.6 is 0 Å². The largest absolute Gasteiger partial charge is 0.521 e. The highest BCUT2D eigenvalue weighted by atomic mass is 28.6. The highest BCUT2D eigenvalue weighted by Crippen LogP contribution is 2.45. The summed E-state index contributed by atoms with van der Waals surface area (Å²) in [5.74, 6) is 0. The molecule has 0 aliphatic carbocycles. The molecular weight excluding hydrogens is 1030 g/mol. The van der Waals surface area contributed by atoms with E-state index >= 15 is 0 Å². The van der Waals surface area contributed by atoms with Gasteiger partial charge in [-0.1, -0.05) is 212 Å². The Balaban J connectivity index is 1.41. The summed E-state index contributed by atoms with van der Waals surface area (Å²) in [5, 5.41) is 4.13. The van der Waals surface area contributed by atoms with Crippen LogP contribution in [0.5, 0.6) is 0 Å². The summed E-state index contributed by atoms with van der Waals surface area (Å²) in [6.45, 7) is 10.5. The zero-order valence-electron chi connectivity index (χ0n) is 39.9. The van der Waals surface area contributed by atoms with Crippen LogP contribution in [-0.4, -0.2) is 89.9 Å². The van der Waals surface area contributed by atoms with Gasteiger partial charge in [0.1, 0.15) is 0 Å². The van der Waals surface area contributed by atoms with E-state index in [1.807, 2.05) is 213 Å². The predicted octanol–water partition coefficient (Wildman–Crippen LogP) is 4.84. The first-order valence-corrected chi connectivity index (χ1v) is 42.2. The van der Waals surface area contributed by atoms with Crippen LogP contribution in [0.15, 0.2) is 212 Å². The number of benzene rings is 7. The number of hydrogen-bond donors (Lipinski definition) is 1. The molecule has 0 saturated carbocycles. The Morgan fingerprint density at radius 2 is 0.686 bits per heavy atom. The summed E-state index contributed by atoms with van der Waals surface area (Å²) in [6, 6.07) is 67.3. The number of hydrogen-bond acceptors (Lipinski definition) is 12. The molecule has 3 heterocycles. The van der Waals surface area contributed by atoms with Crippen molar-refractivity contribution >= 4 is 114 Å². The molecule has 0 spiro atoms. The van der Waals surface area contributed by atoms with Crippen molar-refractivity contribution in [3.05, 3.63) is 212 Å². The molecule has 3 aliphatic heterocycles. The molecule has 0 aromatic heterocycles. The third kappa shape index (κ3) is 9.56. The van der Waals surface area contributed by atoms with E-state index in [1.54, 1.807) is 19.2 Å². The molecule has 4 bridgehead atoms. The second kappa shape index (κ2) is 19.1. The molecule has 3 aliphatic rings. The number of fused-ring (bicyclic) bond motifs is 3. The molecule has 360 valence electrons. The van der Waals surface area contributed by atoms with Crippen LogP contribution in [0.2, 0.25) is 38.4 Å². The van der Waals surface area contributed by atoms with Crippen LogP contribution < -0.4 is 36.3 Å². The SMILES string of the molecule is CO[Si@@]1(c2ccccc2)O[Si]2(c3ccccc3)C[Si@]3(c4ccccc4)O[Si](c4ccccc4)(O[Si](O)(c4ccccc4)O[Si](c4ccccc4)(O3)O1)O[Si](O[Si](C)(C)O[Si](C)(C)C)(c1ccccc1)O2. The maximum atomic E-state index is 14.1. The molecule has 12 nitrogen and oxygen atoms in total. The smallest absolute Gasteiger partial charge is 0.437 e. The molecule has 0 radical (unpaired) electrons. The van der Waals surface area contributed by atoms with Crippen LogP contribution in [0.4, 0.5) is 0 Å². The van der Waals surface area contributed by atoms with Crippen molar-refractivity contribution in [3.8, 4) is 0 Å². The first-order chi connectivity index (χ1) is 33.6. The molecule has 7 aromatic carbocycles. The monoisotopic (exact) mass is 1090 g/mol. The summed E-state index contributed by atoms with van der Waals surface area (Å²) in [4.78, 5) is 14.1. The van der Waals surface area contributed by atoms with E-state index in [0.29, 0.717) is 25.9 Å². The van der Waals surface area contributed by atoms with Gasteiger partial charge in [0.2, 0.25) is 0 Å². The van der Waals surface area contributed by atoms with Gasteiger partial charge < -0.3 is 50.4 Å². The van der Waals surface area contributed by atoms with Crippen molar-refractivity contribution in [1.82, 2.24) is 0 Å². The van der Waals surface area contributed by atoms with Crippen molar-refractivity contribution in [2.75, 3.05) is 7.11 Å². The van der Waals surface area contributed by atoms with Gasteiger partial charge in [0.15, 0.2) is 8.32 Å². The van der Waals surface area contributed by atoms with E-state index in [-0.39, 0.29) is 5.67 Å². The van der Waals surface area contributed by atoms with Crippen LogP contribution in [-0.2, 0) is 45.6 Å². The summed E-state index contributed by atoms with van der Waals surface area (Å²) in [6.07, 6.45) is 0. The van der Waals surface area contributed by atoms with Crippen molar-refractivity contribution in [2.24, 2.45) is 0 Å². The predicted molar refractivity (Wildman–Crippen MR) is 289 cm³/mol. The second-order valence-electron chi connectivity index (χ2n) is 18.8. The molecule has 3 saturated heterocycles. The van der Waals surface area contributed by atoms with Gasteiger partial charge >= 0.3 is 69.7 Å². The van der Waals surface area contributed by atoms with Gasteiger partial charge in [-0.25, -0.2) is 0 Å². The Morgan fingerprint density at radius 3 is 1.07 bits per heavy atom. The van der Waals surface area contributed by atoms with Crippen LogP contribution in [0, 0.1) is 0 Å². The Morgan fingerprint density at radius 1 is 0.371 bits per heavy atom. The van der Waals surface area contributed by atoms with E-state index in [2.05, 4.69) is 19.6 Å². The van der Waals surface area contributed by atoms with E-state index in [4.69, 9.17) is 45.6 Å². The average molecular weight is 1090 g/mol. The fourth-order valence-corrected chi connectivity index (χ4v) is 59.3. The summed E-state index contributed by atoms with van der Waals surface area (Å²) in [7, 11) is -36.5. The van der Waals surface area contributed by atoms with E-state index in [9.17, 15) is 4.80 Å². The van der Waals surface area contributed by atoms with Crippen molar-refractivity contribution < 1.29 is 50.4 Å². The van der Waals surface area contributed by atoms with Gasteiger partial charge in [0.25, 0.3) is 0 Å². The van der Waals surface area contributed by atoms with Crippen LogP contribution in [0.25, 0.3) is 0 Å². The molecule has 21 heteroatoms. The molecule has 7 atom stereocenters. The minimum atomic E-state index is -4.99. The highest BCUT2D eigenvalue weighted by molar-refractivity contribution is 7.14. The normalized spacial score (nSPS) is 30.3. The third-order valence-electron chi connectivity index (χ3n) is 12.0. The lowest BCUT2D eigenvalue weighted by molar-refractivity contribution is 0.0764. The molecule has 7 aromatic rings. The first-order valence-electron chi connectivity index (χ1n) is 23.3. The lowest BCUT2D eigenvalue weighted by Gasteiger charge is -2.58. The fourth-order valence-electron chi connectivity index (χ4n) is 9.40. The summed E-state index contributed by atoms with van der Waals surface area (Å²) < 4.78 is 86.3. The molecule has 1 N–H and O–H groups in total. The summed E-state index contributed by atoms with van der Waals surface area (Å²) >= 11 is 0. The fraction of sp³-hybridized carbons (Fsp3) is 0.143. The highest BCUT2D eigenvalue weighted by Gasteiger charge is 2.79. The Hall–Kier alpha value is -3.99. The van der Waals surface area contributed by atoms with E-state index < -0.39 is 78.0 Å². The zero-order valence-corrected chi connectivity index (χ0v) is 48.9. The maximum Gasteiger partial charge on any atom is 0.521 e. The van der Waals surface area contributed by atoms with Gasteiger partial charge in [-0.3, -0.25) is 0 Å². The minimum absolute atomic E-state index is 0.0503. The third-order valence-corrected chi connectivity index (χ3v) is 49.6. The second-order valence-corrected chi connectivity index (χ2v) is 48.5. The lowest BCUT2D eigenvalue weighted by atomic mass is 10.4. The van der Waals surface area contributed by atoms with Gasteiger partial charge in [0.05, 0.1) is 0 Å². The maximum absolute atomic E-state index is 14.1. The van der Waals surface area contributed by atoms with Gasteiger partial charge in [-0.05, 0) is 43.1 Å². The molecule has 0 amide bonds. The summed E-state index contributed by atoms with van der Waals surface area (Å²) in [5.41, 5.74) is 0.0503. The Bertz CT molecular complexity index is 2880. The van der Waals surface area contributed by atoms with Crippen LogP contribution in [0.1, 0.15) is 0 Å². The topological polar surface area (TPSA) is 122 Å². The molecule has 70 heavy (non-hydrogen) atoms. The quantitative estimate of drug-likeness (QED) is 0.169. The lowest BCUT2D eigenvalue weighted by Crippen LogP contribution is -2.90. The van der Waals surface area contributed by atoms with Gasteiger partial charge in [-0.2, -0.15) is 0 Å². The molecule has 10 rings (SSSR count). The average Bonchev–Trinajstić information content (AvgIpc) is 3.35.